The molecule has 1 unspecified atom stereocenters. The average molecular weight is 193 g/mol. The number of rotatable bonds is 1. The Kier molecular flexibility index (Phi) is 2.37. The minimum absolute atomic E-state index is 0.105. The monoisotopic (exact) mass is 193 g/mol. The zero-order chi connectivity index (χ0) is 9.97. The Hall–Kier alpha value is -1.54. The normalized spacial score (nSPS) is 21.8. The van der Waals surface area contributed by atoms with Gasteiger partial charge in [-0.3, -0.25) is 0 Å². The van der Waals surface area contributed by atoms with Gasteiger partial charge in [0.2, 0.25) is 17.5 Å². The van der Waals surface area contributed by atoms with Crippen molar-refractivity contribution in [1.82, 2.24) is 4.98 Å². The Labute approximate surface area is 81.5 Å². The summed E-state index contributed by atoms with van der Waals surface area (Å²) in [6, 6.07) is 1.88. The Balaban J connectivity index is 2.19. The smallest absolute Gasteiger partial charge is 0.229 e. The summed E-state index contributed by atoms with van der Waals surface area (Å²) in [6.45, 7) is 1.39. The molecule has 0 amide bonds. The molecule has 1 aliphatic heterocycles. The SMILES string of the molecule is N#Cc1nc(C2CCCOC2)oc1N. The number of nitrogens with two attached hydrogens (primary N) is 1. The second-order valence-electron chi connectivity index (χ2n) is 3.29. The molecule has 14 heavy (non-hydrogen) atoms. The zero-order valence-corrected chi connectivity index (χ0v) is 7.69. The van der Waals surface area contributed by atoms with Crippen LogP contribution >= 0.6 is 0 Å². The summed E-state index contributed by atoms with van der Waals surface area (Å²) in [6.07, 6.45) is 1.97. The molecule has 2 heterocycles. The minimum Gasteiger partial charge on any atom is -0.424 e. The molecule has 1 atom stereocenters. The summed E-state index contributed by atoms with van der Waals surface area (Å²) >= 11 is 0. The van der Waals surface area contributed by atoms with Crippen molar-refractivity contribution in [2.24, 2.45) is 0 Å². The number of nitrogen functional groups attached to an aromatic ring is 1. The molecule has 0 spiro atoms. The highest BCUT2D eigenvalue weighted by molar-refractivity contribution is 5.40. The van der Waals surface area contributed by atoms with Crippen LogP contribution in [0.5, 0.6) is 0 Å². The van der Waals surface area contributed by atoms with Crippen molar-refractivity contribution in [2.75, 3.05) is 18.9 Å². The van der Waals surface area contributed by atoms with Gasteiger partial charge in [0.05, 0.1) is 12.5 Å². The molecule has 1 aromatic heterocycles. The number of nitriles is 1. The van der Waals surface area contributed by atoms with Gasteiger partial charge in [0.15, 0.2) is 0 Å². The van der Waals surface area contributed by atoms with Crippen LogP contribution < -0.4 is 5.73 Å². The van der Waals surface area contributed by atoms with Crippen LogP contribution in [-0.2, 0) is 4.74 Å². The maximum atomic E-state index is 8.65. The number of anilines is 1. The lowest BCUT2D eigenvalue weighted by Gasteiger charge is -2.18. The van der Waals surface area contributed by atoms with E-state index in [9.17, 15) is 0 Å². The van der Waals surface area contributed by atoms with Crippen LogP contribution in [0.25, 0.3) is 0 Å². The molecule has 0 saturated carbocycles. The first kappa shape index (κ1) is 9.03. The van der Waals surface area contributed by atoms with E-state index in [1.54, 1.807) is 0 Å². The second kappa shape index (κ2) is 3.68. The summed E-state index contributed by atoms with van der Waals surface area (Å²) in [7, 11) is 0. The summed E-state index contributed by atoms with van der Waals surface area (Å²) in [5.41, 5.74) is 5.64. The van der Waals surface area contributed by atoms with Crippen molar-refractivity contribution in [3.63, 3.8) is 0 Å². The predicted octanol–water partition coefficient (Wildman–Crippen LogP) is 1.02. The molecule has 0 aromatic carbocycles. The van der Waals surface area contributed by atoms with E-state index in [0.29, 0.717) is 12.5 Å². The fourth-order valence-corrected chi connectivity index (χ4v) is 1.54. The van der Waals surface area contributed by atoms with Crippen molar-refractivity contribution < 1.29 is 9.15 Å². The number of aromatic nitrogens is 1. The summed E-state index contributed by atoms with van der Waals surface area (Å²) in [5, 5.41) is 8.65. The van der Waals surface area contributed by atoms with Gasteiger partial charge in [-0.1, -0.05) is 0 Å². The van der Waals surface area contributed by atoms with Crippen LogP contribution in [0.1, 0.15) is 30.3 Å². The molecule has 0 radical (unpaired) electrons. The molecule has 0 aliphatic carbocycles. The molecule has 5 heteroatoms. The highest BCUT2D eigenvalue weighted by Gasteiger charge is 2.22. The van der Waals surface area contributed by atoms with E-state index in [0.717, 1.165) is 19.4 Å². The summed E-state index contributed by atoms with van der Waals surface area (Å²) in [5.74, 6) is 0.778. The second-order valence-corrected chi connectivity index (χ2v) is 3.29. The van der Waals surface area contributed by atoms with E-state index < -0.39 is 0 Å². The van der Waals surface area contributed by atoms with Gasteiger partial charge in [-0.15, -0.1) is 0 Å². The Morgan fingerprint density at radius 3 is 3.00 bits per heavy atom. The molecule has 2 N–H and O–H groups in total. The van der Waals surface area contributed by atoms with Gasteiger partial charge in [0.1, 0.15) is 6.07 Å². The maximum absolute atomic E-state index is 8.65. The first-order valence-corrected chi connectivity index (χ1v) is 4.55. The van der Waals surface area contributed by atoms with Crippen molar-refractivity contribution in [3.8, 4) is 6.07 Å². The Morgan fingerprint density at radius 1 is 1.57 bits per heavy atom. The Morgan fingerprint density at radius 2 is 2.43 bits per heavy atom. The first-order chi connectivity index (χ1) is 6.81. The van der Waals surface area contributed by atoms with Gasteiger partial charge in [0.25, 0.3) is 0 Å². The number of nitrogens with zero attached hydrogens (tertiary/aromatic N) is 2. The standard InChI is InChI=1S/C9H11N3O2/c10-4-7-8(11)14-9(12-7)6-2-1-3-13-5-6/h6H,1-3,5,11H2. The van der Waals surface area contributed by atoms with Crippen LogP contribution in [0.15, 0.2) is 4.42 Å². The number of ether oxygens (including phenoxy) is 1. The highest BCUT2D eigenvalue weighted by Crippen LogP contribution is 2.27. The first-order valence-electron chi connectivity index (χ1n) is 4.55. The van der Waals surface area contributed by atoms with Crippen molar-refractivity contribution in [3.05, 3.63) is 11.6 Å². The van der Waals surface area contributed by atoms with Crippen LogP contribution in [0.3, 0.4) is 0 Å². The van der Waals surface area contributed by atoms with E-state index in [1.165, 1.54) is 0 Å². The number of hydrogen-bond acceptors (Lipinski definition) is 5. The fourth-order valence-electron chi connectivity index (χ4n) is 1.54. The molecule has 1 aliphatic rings. The lowest BCUT2D eigenvalue weighted by molar-refractivity contribution is 0.0728. The Bertz CT molecular complexity index is 361. The van der Waals surface area contributed by atoms with Crippen LogP contribution in [0.4, 0.5) is 5.88 Å². The molecule has 1 saturated heterocycles. The third-order valence-corrected chi connectivity index (χ3v) is 2.29. The van der Waals surface area contributed by atoms with Gasteiger partial charge in [-0.2, -0.15) is 5.26 Å². The van der Waals surface area contributed by atoms with Crippen molar-refractivity contribution in [1.29, 1.82) is 5.26 Å². The van der Waals surface area contributed by atoms with Crippen molar-refractivity contribution >= 4 is 5.88 Å². The highest BCUT2D eigenvalue weighted by atomic mass is 16.5. The number of oxazole rings is 1. The molecular formula is C9H11N3O2. The van der Waals surface area contributed by atoms with Gasteiger partial charge in [-0.05, 0) is 12.8 Å². The van der Waals surface area contributed by atoms with E-state index >= 15 is 0 Å². The predicted molar refractivity (Wildman–Crippen MR) is 48.4 cm³/mol. The topological polar surface area (TPSA) is 85.1 Å². The maximum Gasteiger partial charge on any atom is 0.229 e. The molecule has 0 bridgehead atoms. The fraction of sp³-hybridized carbons (Fsp3) is 0.556. The zero-order valence-electron chi connectivity index (χ0n) is 7.69. The van der Waals surface area contributed by atoms with E-state index in [4.69, 9.17) is 20.1 Å². The lowest BCUT2D eigenvalue weighted by Crippen LogP contribution is -2.15. The molecule has 5 nitrogen and oxygen atoms in total. The van der Waals surface area contributed by atoms with Crippen molar-refractivity contribution in [2.45, 2.75) is 18.8 Å². The average Bonchev–Trinajstić information content (AvgIpc) is 2.61. The lowest BCUT2D eigenvalue weighted by atomic mass is 10.0. The summed E-state index contributed by atoms with van der Waals surface area (Å²) < 4.78 is 10.5. The molecule has 1 aromatic rings. The third kappa shape index (κ3) is 1.56. The summed E-state index contributed by atoms with van der Waals surface area (Å²) in [4.78, 5) is 4.02. The molecule has 1 fully saturated rings. The third-order valence-electron chi connectivity index (χ3n) is 2.29. The quantitative estimate of drug-likeness (QED) is 0.719. The van der Waals surface area contributed by atoms with Gasteiger partial charge >= 0.3 is 0 Å². The van der Waals surface area contributed by atoms with Gasteiger partial charge in [-0.25, -0.2) is 4.98 Å². The molecular weight excluding hydrogens is 182 g/mol. The van der Waals surface area contributed by atoms with E-state index in [-0.39, 0.29) is 17.5 Å². The van der Waals surface area contributed by atoms with Crippen LogP contribution in [0.2, 0.25) is 0 Å². The van der Waals surface area contributed by atoms with E-state index in [2.05, 4.69) is 4.98 Å². The minimum atomic E-state index is 0.105. The van der Waals surface area contributed by atoms with Crippen LogP contribution in [-0.4, -0.2) is 18.2 Å². The number of hydrogen-bond donors (Lipinski definition) is 1. The van der Waals surface area contributed by atoms with Crippen LogP contribution in [0, 0.1) is 11.3 Å². The molecule has 2 rings (SSSR count). The van der Waals surface area contributed by atoms with Gasteiger partial charge in [0, 0.05) is 6.61 Å². The largest absolute Gasteiger partial charge is 0.424 e. The van der Waals surface area contributed by atoms with E-state index in [1.807, 2.05) is 6.07 Å². The van der Waals surface area contributed by atoms with Gasteiger partial charge < -0.3 is 14.9 Å². The molecule has 74 valence electrons.